The van der Waals surface area contributed by atoms with E-state index in [1.54, 1.807) is 12.1 Å². The van der Waals surface area contributed by atoms with Crippen molar-refractivity contribution in [3.63, 3.8) is 0 Å². The molecule has 3 rings (SSSR count). The van der Waals surface area contributed by atoms with Gasteiger partial charge in [-0.2, -0.15) is 4.98 Å². The Morgan fingerprint density at radius 1 is 1.46 bits per heavy atom. The van der Waals surface area contributed by atoms with Crippen LogP contribution in [0.4, 0.5) is 11.4 Å². The van der Waals surface area contributed by atoms with Gasteiger partial charge >= 0.3 is 5.69 Å². The molecule has 0 aliphatic heterocycles. The molecule has 2 aromatic heterocycles. The number of hydrogen-bond donors (Lipinski definition) is 2. The molecule has 3 aromatic rings. The molecule has 0 fully saturated rings. The van der Waals surface area contributed by atoms with E-state index in [9.17, 15) is 14.9 Å². The fourth-order valence-electron chi connectivity index (χ4n) is 2.07. The molecule has 0 aliphatic carbocycles. The maximum absolute atomic E-state index is 12.0. The summed E-state index contributed by atoms with van der Waals surface area (Å²) >= 11 is 1.14. The summed E-state index contributed by atoms with van der Waals surface area (Å²) in [5.74, 6) is 0.840. The minimum absolute atomic E-state index is 0.0642. The first-order valence-electron chi connectivity index (χ1n) is 7.28. The van der Waals surface area contributed by atoms with E-state index in [1.807, 2.05) is 0 Å². The molecule has 0 saturated heterocycles. The molecule has 1 amide bonds. The lowest BCUT2D eigenvalue weighted by Gasteiger charge is -2.07. The van der Waals surface area contributed by atoms with E-state index in [-0.39, 0.29) is 23.1 Å². The number of nitro benzene ring substituents is 1. The van der Waals surface area contributed by atoms with Crippen molar-refractivity contribution in [2.75, 3.05) is 18.2 Å². The lowest BCUT2D eigenvalue weighted by molar-refractivity contribution is -0.385. The Hall–Kier alpha value is -3.34. The van der Waals surface area contributed by atoms with Crippen LogP contribution in [0.1, 0.15) is 0 Å². The minimum atomic E-state index is -0.555. The molecule has 2 heterocycles. The van der Waals surface area contributed by atoms with Crippen LogP contribution in [-0.2, 0) is 4.79 Å². The molecule has 0 aliphatic rings. The number of thioether (sulfide) groups is 1. The molecule has 0 spiro atoms. The second-order valence-corrected chi connectivity index (χ2v) is 5.87. The Kier molecular flexibility index (Phi) is 5.17. The molecular weight excluding hydrogens is 362 g/mol. The quantitative estimate of drug-likeness (QED) is 0.365. The van der Waals surface area contributed by atoms with Crippen LogP contribution < -0.4 is 10.1 Å². The van der Waals surface area contributed by atoms with Crippen LogP contribution in [0.15, 0.2) is 46.2 Å². The third-order valence-electron chi connectivity index (χ3n) is 3.21. The number of nitrogens with zero attached hydrogens (tertiary/aromatic N) is 3. The van der Waals surface area contributed by atoms with Crippen LogP contribution in [0.25, 0.3) is 11.6 Å². The number of H-pyrrole nitrogens is 1. The van der Waals surface area contributed by atoms with Gasteiger partial charge in [-0.15, -0.1) is 5.10 Å². The van der Waals surface area contributed by atoms with Gasteiger partial charge in [0.05, 0.1) is 24.0 Å². The molecule has 0 unspecified atom stereocenters. The normalized spacial score (nSPS) is 10.5. The number of nitrogens with one attached hydrogen (secondary N) is 2. The second-order valence-electron chi connectivity index (χ2n) is 4.92. The van der Waals surface area contributed by atoms with E-state index in [0.717, 1.165) is 11.8 Å². The first-order valence-corrected chi connectivity index (χ1v) is 8.26. The largest absolute Gasteiger partial charge is 0.490 e. The van der Waals surface area contributed by atoms with Gasteiger partial charge in [-0.1, -0.05) is 11.8 Å². The van der Waals surface area contributed by atoms with E-state index >= 15 is 0 Å². The average Bonchev–Trinajstić information content (AvgIpc) is 3.31. The summed E-state index contributed by atoms with van der Waals surface area (Å²) < 4.78 is 10.2. The first kappa shape index (κ1) is 17.5. The average molecular weight is 375 g/mol. The monoisotopic (exact) mass is 375 g/mol. The summed E-state index contributed by atoms with van der Waals surface area (Å²) in [7, 11) is 1.32. The van der Waals surface area contributed by atoms with Gasteiger partial charge in [-0.25, -0.2) is 0 Å². The summed E-state index contributed by atoms with van der Waals surface area (Å²) in [6.45, 7) is 0. The van der Waals surface area contributed by atoms with Crippen molar-refractivity contribution in [2.24, 2.45) is 0 Å². The van der Waals surface area contributed by atoms with E-state index in [0.29, 0.717) is 22.4 Å². The predicted molar refractivity (Wildman–Crippen MR) is 93.1 cm³/mol. The van der Waals surface area contributed by atoms with Crippen molar-refractivity contribution in [1.82, 2.24) is 15.2 Å². The molecule has 1 aromatic carbocycles. The van der Waals surface area contributed by atoms with E-state index in [2.05, 4.69) is 20.5 Å². The Bertz CT molecular complexity index is 924. The number of nitro groups is 1. The molecule has 26 heavy (non-hydrogen) atoms. The first-order chi connectivity index (χ1) is 12.6. The highest BCUT2D eigenvalue weighted by Crippen LogP contribution is 2.29. The third kappa shape index (κ3) is 4.00. The fourth-order valence-corrected chi connectivity index (χ4v) is 2.67. The Labute approximate surface area is 151 Å². The molecule has 0 saturated carbocycles. The molecule has 10 nitrogen and oxygen atoms in total. The van der Waals surface area contributed by atoms with Crippen molar-refractivity contribution >= 4 is 29.0 Å². The van der Waals surface area contributed by atoms with Gasteiger partial charge in [0.1, 0.15) is 0 Å². The van der Waals surface area contributed by atoms with Gasteiger partial charge < -0.3 is 14.5 Å². The summed E-state index contributed by atoms with van der Waals surface area (Å²) in [6, 6.07) is 7.57. The maximum Gasteiger partial charge on any atom is 0.311 e. The van der Waals surface area contributed by atoms with Crippen LogP contribution in [0.5, 0.6) is 5.75 Å². The number of furan rings is 1. The summed E-state index contributed by atoms with van der Waals surface area (Å²) in [5.41, 5.74) is 0.218. The van der Waals surface area contributed by atoms with Gasteiger partial charge in [0, 0.05) is 17.8 Å². The predicted octanol–water partition coefficient (Wildman–Crippen LogP) is 2.71. The minimum Gasteiger partial charge on any atom is -0.490 e. The van der Waals surface area contributed by atoms with Crippen LogP contribution >= 0.6 is 11.8 Å². The van der Waals surface area contributed by atoms with E-state index in [4.69, 9.17) is 9.15 Å². The number of aromatic amines is 1. The van der Waals surface area contributed by atoms with Crippen molar-refractivity contribution < 1.29 is 18.9 Å². The SMILES string of the molecule is COc1cc(NC(=O)CSc2n[nH]c(-c3ccco3)n2)ccc1[N+](=O)[O-]. The number of methoxy groups -OCH3 is 1. The lowest BCUT2D eigenvalue weighted by Crippen LogP contribution is -2.14. The topological polar surface area (TPSA) is 136 Å². The summed E-state index contributed by atoms with van der Waals surface area (Å²) in [6.07, 6.45) is 1.52. The highest BCUT2D eigenvalue weighted by molar-refractivity contribution is 7.99. The fraction of sp³-hybridized carbons (Fsp3) is 0.133. The van der Waals surface area contributed by atoms with E-state index in [1.165, 1.54) is 31.6 Å². The number of hydrogen-bond acceptors (Lipinski definition) is 8. The van der Waals surface area contributed by atoms with E-state index < -0.39 is 4.92 Å². The number of carbonyl (C=O) groups is 1. The molecule has 0 bridgehead atoms. The number of carbonyl (C=O) groups excluding carboxylic acids is 1. The Morgan fingerprint density at radius 2 is 2.31 bits per heavy atom. The van der Waals surface area contributed by atoms with Gasteiger partial charge in [0.15, 0.2) is 17.3 Å². The van der Waals surface area contributed by atoms with Crippen LogP contribution in [0, 0.1) is 10.1 Å². The molecule has 2 N–H and O–H groups in total. The third-order valence-corrected chi connectivity index (χ3v) is 4.06. The standard InChI is InChI=1S/C15H13N5O5S/c1-24-12-7-9(4-5-10(12)20(22)23)16-13(21)8-26-15-17-14(18-19-15)11-3-2-6-25-11/h2-7H,8H2,1H3,(H,16,21)(H,17,18,19). The van der Waals surface area contributed by atoms with Gasteiger partial charge in [-0.05, 0) is 18.2 Å². The van der Waals surface area contributed by atoms with Crippen molar-refractivity contribution in [1.29, 1.82) is 0 Å². The highest BCUT2D eigenvalue weighted by Gasteiger charge is 2.16. The zero-order valence-electron chi connectivity index (χ0n) is 13.5. The van der Waals surface area contributed by atoms with Crippen LogP contribution in [-0.4, -0.2) is 38.9 Å². The summed E-state index contributed by atoms with van der Waals surface area (Å²) in [4.78, 5) is 26.6. The Morgan fingerprint density at radius 3 is 3.00 bits per heavy atom. The highest BCUT2D eigenvalue weighted by atomic mass is 32.2. The maximum atomic E-state index is 12.0. The molecular formula is C15H13N5O5S. The van der Waals surface area contributed by atoms with Crippen LogP contribution in [0.3, 0.4) is 0 Å². The Balaban J connectivity index is 1.58. The van der Waals surface area contributed by atoms with Crippen molar-refractivity contribution in [2.45, 2.75) is 5.16 Å². The summed E-state index contributed by atoms with van der Waals surface area (Å²) in [5, 5.41) is 20.6. The smallest absolute Gasteiger partial charge is 0.311 e. The molecule has 0 atom stereocenters. The molecule has 134 valence electrons. The van der Waals surface area contributed by atoms with Crippen molar-refractivity contribution in [3.8, 4) is 17.3 Å². The van der Waals surface area contributed by atoms with Crippen molar-refractivity contribution in [3.05, 3.63) is 46.7 Å². The number of ether oxygens (including phenoxy) is 1. The van der Waals surface area contributed by atoms with Gasteiger partial charge in [0.25, 0.3) is 0 Å². The number of amides is 1. The van der Waals surface area contributed by atoms with Gasteiger partial charge in [0.2, 0.25) is 11.1 Å². The number of anilines is 1. The second kappa shape index (κ2) is 7.70. The van der Waals surface area contributed by atoms with Crippen LogP contribution in [0.2, 0.25) is 0 Å². The molecule has 11 heteroatoms. The lowest BCUT2D eigenvalue weighted by atomic mass is 10.2. The molecule has 0 radical (unpaired) electrons. The number of rotatable bonds is 7. The zero-order chi connectivity index (χ0) is 18.5. The zero-order valence-corrected chi connectivity index (χ0v) is 14.3. The number of aromatic nitrogens is 3. The number of benzene rings is 1. The van der Waals surface area contributed by atoms with Gasteiger partial charge in [-0.3, -0.25) is 20.0 Å².